The largest absolute Gasteiger partial charge is 0.481 e. The van der Waals surface area contributed by atoms with Gasteiger partial charge in [0.1, 0.15) is 6.61 Å². The molecule has 8 heteroatoms. The Balaban J connectivity index is 1.34. The van der Waals surface area contributed by atoms with Crippen LogP contribution in [0.2, 0.25) is 0 Å². The van der Waals surface area contributed by atoms with Gasteiger partial charge in [-0.1, -0.05) is 55.5 Å². The standard InChI is InChI=1S/C26H30N2O6/c1-16(24(29)28-11-12-33-14-18(13-28)25(30)31)17(2)27-26(32)34-15-23-21-9-5-3-7-19(21)20-8-4-6-10-22(20)23/h3-10,16-18,23H,11-15H2,1-2H3,(H,27,32)(H,30,31). The van der Waals surface area contributed by atoms with Crippen molar-refractivity contribution in [2.24, 2.45) is 11.8 Å². The molecule has 34 heavy (non-hydrogen) atoms. The summed E-state index contributed by atoms with van der Waals surface area (Å²) in [6.07, 6.45) is -0.586. The van der Waals surface area contributed by atoms with Crippen molar-refractivity contribution in [2.45, 2.75) is 25.8 Å². The van der Waals surface area contributed by atoms with Crippen molar-refractivity contribution in [3.63, 3.8) is 0 Å². The molecule has 1 aliphatic carbocycles. The normalized spacial score (nSPS) is 19.4. The summed E-state index contributed by atoms with van der Waals surface area (Å²) in [7, 11) is 0. The zero-order valence-corrected chi connectivity index (χ0v) is 19.4. The van der Waals surface area contributed by atoms with Gasteiger partial charge in [0.25, 0.3) is 0 Å². The first-order chi connectivity index (χ1) is 16.4. The van der Waals surface area contributed by atoms with E-state index in [4.69, 9.17) is 9.47 Å². The molecule has 0 spiro atoms. The molecule has 1 fully saturated rings. The molecule has 3 unspecified atom stereocenters. The summed E-state index contributed by atoms with van der Waals surface area (Å²) in [5.74, 6) is -2.56. The molecule has 180 valence electrons. The van der Waals surface area contributed by atoms with E-state index in [9.17, 15) is 19.5 Å². The second-order valence-electron chi connectivity index (χ2n) is 8.94. The highest BCUT2D eigenvalue weighted by Gasteiger charge is 2.33. The van der Waals surface area contributed by atoms with Gasteiger partial charge in [-0.2, -0.15) is 0 Å². The van der Waals surface area contributed by atoms with Gasteiger partial charge in [-0.05, 0) is 29.2 Å². The van der Waals surface area contributed by atoms with Crippen LogP contribution in [0.5, 0.6) is 0 Å². The highest BCUT2D eigenvalue weighted by atomic mass is 16.5. The van der Waals surface area contributed by atoms with E-state index in [2.05, 4.69) is 29.6 Å². The van der Waals surface area contributed by atoms with Crippen molar-refractivity contribution in [2.75, 3.05) is 32.9 Å². The van der Waals surface area contributed by atoms with Crippen LogP contribution in [-0.4, -0.2) is 66.9 Å². The molecule has 8 nitrogen and oxygen atoms in total. The van der Waals surface area contributed by atoms with Gasteiger partial charge in [-0.15, -0.1) is 0 Å². The maximum Gasteiger partial charge on any atom is 0.407 e. The summed E-state index contributed by atoms with van der Waals surface area (Å²) in [4.78, 5) is 38.4. The number of carbonyl (C=O) groups excluding carboxylic acids is 2. The fourth-order valence-electron chi connectivity index (χ4n) is 4.61. The number of benzene rings is 2. The second kappa shape index (κ2) is 10.3. The molecule has 3 atom stereocenters. The number of fused-ring (bicyclic) bond motifs is 3. The quantitative estimate of drug-likeness (QED) is 0.678. The Kier molecular flexibility index (Phi) is 7.17. The number of amides is 2. The predicted octanol–water partition coefficient (Wildman–Crippen LogP) is 3.11. The Morgan fingerprint density at radius 3 is 2.32 bits per heavy atom. The van der Waals surface area contributed by atoms with Crippen LogP contribution < -0.4 is 5.32 Å². The first-order valence-electron chi connectivity index (χ1n) is 11.6. The van der Waals surface area contributed by atoms with Crippen molar-refractivity contribution in [3.8, 4) is 11.1 Å². The smallest absolute Gasteiger partial charge is 0.407 e. The lowest BCUT2D eigenvalue weighted by molar-refractivity contribution is -0.144. The zero-order valence-electron chi connectivity index (χ0n) is 19.4. The van der Waals surface area contributed by atoms with E-state index in [0.29, 0.717) is 6.54 Å². The Hall–Kier alpha value is -3.39. The van der Waals surface area contributed by atoms with Gasteiger partial charge in [0, 0.05) is 25.0 Å². The molecule has 1 aliphatic heterocycles. The van der Waals surface area contributed by atoms with Gasteiger partial charge >= 0.3 is 12.1 Å². The number of hydrogen-bond donors (Lipinski definition) is 2. The van der Waals surface area contributed by atoms with Gasteiger partial charge in [0.05, 0.1) is 25.0 Å². The van der Waals surface area contributed by atoms with E-state index < -0.39 is 29.9 Å². The van der Waals surface area contributed by atoms with Crippen LogP contribution >= 0.6 is 0 Å². The minimum Gasteiger partial charge on any atom is -0.481 e. The molecule has 2 aromatic carbocycles. The average molecular weight is 467 g/mol. The van der Waals surface area contributed by atoms with Crippen molar-refractivity contribution in [1.29, 1.82) is 0 Å². The summed E-state index contributed by atoms with van der Waals surface area (Å²) < 4.78 is 10.9. The molecule has 0 bridgehead atoms. The molecule has 0 radical (unpaired) electrons. The number of alkyl carbamates (subject to hydrolysis) is 1. The Morgan fingerprint density at radius 1 is 1.09 bits per heavy atom. The van der Waals surface area contributed by atoms with Crippen LogP contribution in [0, 0.1) is 11.8 Å². The molecule has 0 aromatic heterocycles. The lowest BCUT2D eigenvalue weighted by Gasteiger charge is -2.28. The summed E-state index contributed by atoms with van der Waals surface area (Å²) in [5.41, 5.74) is 4.57. The molecule has 2 aliphatic rings. The maximum atomic E-state index is 13.0. The van der Waals surface area contributed by atoms with E-state index in [1.807, 2.05) is 24.3 Å². The van der Waals surface area contributed by atoms with E-state index in [0.717, 1.165) is 22.3 Å². The fourth-order valence-corrected chi connectivity index (χ4v) is 4.61. The average Bonchev–Trinajstić information content (AvgIpc) is 2.97. The van der Waals surface area contributed by atoms with Crippen molar-refractivity contribution < 1.29 is 29.0 Å². The number of nitrogens with one attached hydrogen (secondary N) is 1. The van der Waals surface area contributed by atoms with Gasteiger partial charge in [0.2, 0.25) is 5.91 Å². The number of carbonyl (C=O) groups is 3. The number of carboxylic acids is 1. The fraction of sp³-hybridized carbons (Fsp3) is 0.423. The van der Waals surface area contributed by atoms with Gasteiger partial charge < -0.3 is 24.8 Å². The number of ether oxygens (including phenoxy) is 2. The summed E-state index contributed by atoms with van der Waals surface area (Å²) in [5, 5.41) is 12.1. The van der Waals surface area contributed by atoms with Gasteiger partial charge in [-0.3, -0.25) is 9.59 Å². The highest BCUT2D eigenvalue weighted by molar-refractivity contribution is 5.81. The Labute approximate surface area is 198 Å². The molecule has 1 heterocycles. The molecule has 4 rings (SSSR count). The van der Waals surface area contributed by atoms with Crippen molar-refractivity contribution in [1.82, 2.24) is 10.2 Å². The molecular weight excluding hydrogens is 436 g/mol. The molecule has 0 saturated carbocycles. The molecular formula is C26H30N2O6. The minimum absolute atomic E-state index is 0.0439. The molecule has 2 aromatic rings. The number of hydrogen-bond acceptors (Lipinski definition) is 5. The zero-order chi connectivity index (χ0) is 24.2. The van der Waals surface area contributed by atoms with Gasteiger partial charge in [0.15, 0.2) is 0 Å². The summed E-state index contributed by atoms with van der Waals surface area (Å²) >= 11 is 0. The number of rotatable bonds is 6. The number of aliphatic carboxylic acids is 1. The van der Waals surface area contributed by atoms with E-state index in [1.165, 1.54) is 4.90 Å². The monoisotopic (exact) mass is 466 g/mol. The first kappa shape index (κ1) is 23.8. The van der Waals surface area contributed by atoms with Crippen LogP contribution in [0.1, 0.15) is 30.9 Å². The lowest BCUT2D eigenvalue weighted by atomic mass is 9.98. The molecule has 2 N–H and O–H groups in total. The summed E-state index contributed by atoms with van der Waals surface area (Å²) in [6.45, 7) is 4.45. The van der Waals surface area contributed by atoms with Crippen LogP contribution in [0.4, 0.5) is 4.79 Å². The Bertz CT molecular complexity index is 1030. The Morgan fingerprint density at radius 2 is 1.71 bits per heavy atom. The second-order valence-corrected chi connectivity index (χ2v) is 8.94. The van der Waals surface area contributed by atoms with E-state index in [1.54, 1.807) is 13.8 Å². The first-order valence-corrected chi connectivity index (χ1v) is 11.6. The highest BCUT2D eigenvalue weighted by Crippen LogP contribution is 2.44. The number of nitrogens with zero attached hydrogens (tertiary/aromatic N) is 1. The van der Waals surface area contributed by atoms with Crippen molar-refractivity contribution >= 4 is 18.0 Å². The third kappa shape index (κ3) is 4.92. The van der Waals surface area contributed by atoms with Crippen LogP contribution in [0.25, 0.3) is 11.1 Å². The third-order valence-corrected chi connectivity index (χ3v) is 6.75. The number of carboxylic acid groups (broad SMARTS) is 1. The predicted molar refractivity (Wildman–Crippen MR) is 125 cm³/mol. The summed E-state index contributed by atoms with van der Waals surface area (Å²) in [6, 6.07) is 15.7. The van der Waals surface area contributed by atoms with Crippen molar-refractivity contribution in [3.05, 3.63) is 59.7 Å². The van der Waals surface area contributed by atoms with Crippen LogP contribution in [0.15, 0.2) is 48.5 Å². The topological polar surface area (TPSA) is 105 Å². The van der Waals surface area contributed by atoms with E-state index in [-0.39, 0.29) is 38.2 Å². The third-order valence-electron chi connectivity index (χ3n) is 6.75. The maximum absolute atomic E-state index is 13.0. The minimum atomic E-state index is -0.989. The van der Waals surface area contributed by atoms with Crippen LogP contribution in [-0.2, 0) is 19.1 Å². The van der Waals surface area contributed by atoms with Crippen LogP contribution in [0.3, 0.4) is 0 Å². The molecule has 1 saturated heterocycles. The molecule has 2 amide bonds. The SMILES string of the molecule is CC(NC(=O)OCC1c2ccccc2-c2ccccc21)C(C)C(=O)N1CCOCC(C(=O)O)C1. The van der Waals surface area contributed by atoms with Gasteiger partial charge in [-0.25, -0.2) is 4.79 Å². The lowest BCUT2D eigenvalue weighted by Crippen LogP contribution is -2.47. The van der Waals surface area contributed by atoms with E-state index >= 15 is 0 Å².